The van der Waals surface area contributed by atoms with E-state index in [1.807, 2.05) is 36.4 Å². The molecule has 2 unspecified atom stereocenters. The molecule has 114 valence electrons. The molecule has 2 heterocycles. The van der Waals surface area contributed by atoms with Gasteiger partial charge in [-0.3, -0.25) is 9.97 Å². The van der Waals surface area contributed by atoms with Crippen molar-refractivity contribution in [1.29, 1.82) is 0 Å². The molecule has 0 spiro atoms. The van der Waals surface area contributed by atoms with Gasteiger partial charge in [0.05, 0.1) is 17.4 Å². The Morgan fingerprint density at radius 3 is 2.17 bits per heavy atom. The van der Waals surface area contributed by atoms with Gasteiger partial charge in [0.1, 0.15) is 6.10 Å². The molecule has 3 aromatic rings. The molecule has 4 nitrogen and oxygen atoms in total. The van der Waals surface area contributed by atoms with E-state index in [1.165, 1.54) is 5.56 Å². The molecule has 2 N–H and O–H groups in total. The number of nitrogens with one attached hydrogen (secondary N) is 1. The number of aliphatic hydroxyl groups excluding tert-OH is 1. The Kier molecular flexibility index (Phi) is 3.32. The number of benzene rings is 1. The lowest BCUT2D eigenvalue weighted by atomic mass is 9.86. The first-order chi connectivity index (χ1) is 11.2. The summed E-state index contributed by atoms with van der Waals surface area (Å²) < 4.78 is 0. The summed E-state index contributed by atoms with van der Waals surface area (Å²) in [5.74, 6) is 0. The second-order valence-corrected chi connectivity index (χ2v) is 5.82. The number of aromatic nitrogens is 2. The molecule has 0 saturated heterocycles. The van der Waals surface area contributed by atoms with Crippen LogP contribution in [0.25, 0.3) is 11.4 Å². The second kappa shape index (κ2) is 5.48. The highest BCUT2D eigenvalue weighted by atomic mass is 16.3. The molecule has 23 heavy (non-hydrogen) atoms. The first kappa shape index (κ1) is 13.9. The fourth-order valence-corrected chi connectivity index (χ4v) is 3.06. The van der Waals surface area contributed by atoms with E-state index < -0.39 is 6.10 Å². The number of pyridine rings is 2. The van der Waals surface area contributed by atoms with Gasteiger partial charge in [-0.05, 0) is 31.2 Å². The zero-order valence-electron chi connectivity index (χ0n) is 12.8. The molecular formula is C19H17N3O. The molecule has 1 aromatic carbocycles. The molecule has 1 aliphatic rings. The van der Waals surface area contributed by atoms with Crippen molar-refractivity contribution in [3.63, 3.8) is 0 Å². The number of aliphatic hydroxyl groups is 1. The summed E-state index contributed by atoms with van der Waals surface area (Å²) in [6, 6.07) is 15.5. The van der Waals surface area contributed by atoms with Crippen molar-refractivity contribution in [2.45, 2.75) is 19.1 Å². The third-order valence-corrected chi connectivity index (χ3v) is 4.25. The Balaban J connectivity index is 1.80. The highest BCUT2D eigenvalue weighted by molar-refractivity contribution is 5.68. The van der Waals surface area contributed by atoms with E-state index in [4.69, 9.17) is 0 Å². The zero-order chi connectivity index (χ0) is 15.8. The Labute approximate surface area is 134 Å². The Morgan fingerprint density at radius 1 is 0.870 bits per heavy atom. The van der Waals surface area contributed by atoms with Crippen molar-refractivity contribution in [1.82, 2.24) is 9.97 Å². The van der Waals surface area contributed by atoms with Gasteiger partial charge in [-0.25, -0.2) is 0 Å². The molecule has 0 fully saturated rings. The third kappa shape index (κ3) is 2.37. The molecule has 0 amide bonds. The molecule has 4 rings (SSSR count). The summed E-state index contributed by atoms with van der Waals surface area (Å²) in [7, 11) is 0. The molecule has 2 atom stereocenters. The van der Waals surface area contributed by atoms with Gasteiger partial charge in [-0.15, -0.1) is 0 Å². The first-order valence-corrected chi connectivity index (χ1v) is 7.65. The standard InChI is InChI=1S/C19H17N3O/c1-12-6-8-13(9-7-12)22-18-14-4-2-10-20-16(14)17-15(19(18)23)5-3-11-21-17/h2-11,18-19,22-23H,1H3. The monoisotopic (exact) mass is 303 g/mol. The van der Waals surface area contributed by atoms with Crippen LogP contribution in [0.2, 0.25) is 0 Å². The van der Waals surface area contributed by atoms with Crippen molar-refractivity contribution < 1.29 is 5.11 Å². The zero-order valence-corrected chi connectivity index (χ0v) is 12.8. The fourth-order valence-electron chi connectivity index (χ4n) is 3.06. The number of nitrogens with zero attached hydrogens (tertiary/aromatic N) is 2. The van der Waals surface area contributed by atoms with Crippen LogP contribution in [-0.2, 0) is 0 Å². The van der Waals surface area contributed by atoms with Gasteiger partial charge in [0, 0.05) is 29.2 Å². The lowest BCUT2D eigenvalue weighted by Gasteiger charge is -2.32. The lowest BCUT2D eigenvalue weighted by Crippen LogP contribution is -2.25. The number of hydrogen-bond donors (Lipinski definition) is 2. The quantitative estimate of drug-likeness (QED) is 0.758. The summed E-state index contributed by atoms with van der Waals surface area (Å²) in [5, 5.41) is 14.3. The van der Waals surface area contributed by atoms with Crippen LogP contribution >= 0.6 is 0 Å². The normalized spacial score (nSPS) is 18.9. The SMILES string of the molecule is Cc1ccc(NC2c3cccnc3-c3ncccc3C2O)cc1. The van der Waals surface area contributed by atoms with Crippen molar-refractivity contribution in [3.8, 4) is 11.4 Å². The number of hydrogen-bond acceptors (Lipinski definition) is 4. The molecule has 2 aromatic heterocycles. The van der Waals surface area contributed by atoms with Crippen LogP contribution in [0.3, 0.4) is 0 Å². The minimum atomic E-state index is -0.670. The minimum absolute atomic E-state index is 0.252. The summed E-state index contributed by atoms with van der Waals surface area (Å²) >= 11 is 0. The maximum absolute atomic E-state index is 10.9. The smallest absolute Gasteiger partial charge is 0.105 e. The predicted molar refractivity (Wildman–Crippen MR) is 90.0 cm³/mol. The van der Waals surface area contributed by atoms with Crippen molar-refractivity contribution in [2.24, 2.45) is 0 Å². The third-order valence-electron chi connectivity index (χ3n) is 4.25. The van der Waals surface area contributed by atoms with Gasteiger partial charge < -0.3 is 10.4 Å². The Hall–Kier alpha value is -2.72. The van der Waals surface area contributed by atoms with Gasteiger partial charge >= 0.3 is 0 Å². The highest BCUT2D eigenvalue weighted by Crippen LogP contribution is 2.43. The average Bonchev–Trinajstić information content (AvgIpc) is 2.60. The summed E-state index contributed by atoms with van der Waals surface area (Å²) in [6.45, 7) is 2.06. The van der Waals surface area contributed by atoms with Crippen LogP contribution in [0.1, 0.15) is 28.8 Å². The Morgan fingerprint density at radius 2 is 1.48 bits per heavy atom. The van der Waals surface area contributed by atoms with Gasteiger partial charge in [0.15, 0.2) is 0 Å². The number of anilines is 1. The van der Waals surface area contributed by atoms with E-state index in [-0.39, 0.29) is 6.04 Å². The van der Waals surface area contributed by atoms with E-state index >= 15 is 0 Å². The van der Waals surface area contributed by atoms with Crippen molar-refractivity contribution in [2.75, 3.05) is 5.32 Å². The largest absolute Gasteiger partial charge is 0.386 e. The summed E-state index contributed by atoms with van der Waals surface area (Å²) in [6.07, 6.45) is 2.83. The highest BCUT2D eigenvalue weighted by Gasteiger charge is 2.33. The van der Waals surface area contributed by atoms with Crippen LogP contribution in [-0.4, -0.2) is 15.1 Å². The van der Waals surface area contributed by atoms with Gasteiger partial charge in [0.2, 0.25) is 0 Å². The molecule has 0 radical (unpaired) electrons. The van der Waals surface area contributed by atoms with Crippen LogP contribution < -0.4 is 5.32 Å². The molecule has 1 aliphatic carbocycles. The topological polar surface area (TPSA) is 58.0 Å². The van der Waals surface area contributed by atoms with E-state index in [0.717, 1.165) is 28.2 Å². The predicted octanol–water partition coefficient (Wildman–Crippen LogP) is 3.65. The summed E-state index contributed by atoms with van der Waals surface area (Å²) in [5.41, 5.74) is 5.55. The van der Waals surface area contributed by atoms with Crippen LogP contribution in [0, 0.1) is 6.92 Å². The molecule has 0 bridgehead atoms. The van der Waals surface area contributed by atoms with E-state index in [0.29, 0.717) is 0 Å². The van der Waals surface area contributed by atoms with Gasteiger partial charge in [0.25, 0.3) is 0 Å². The Bertz CT molecular complexity index is 845. The van der Waals surface area contributed by atoms with E-state index in [1.54, 1.807) is 12.4 Å². The fraction of sp³-hybridized carbons (Fsp3) is 0.158. The number of rotatable bonds is 2. The van der Waals surface area contributed by atoms with Crippen LogP contribution in [0.15, 0.2) is 60.9 Å². The van der Waals surface area contributed by atoms with E-state index in [9.17, 15) is 5.11 Å². The molecule has 0 saturated carbocycles. The van der Waals surface area contributed by atoms with Gasteiger partial charge in [-0.2, -0.15) is 0 Å². The second-order valence-electron chi connectivity index (χ2n) is 5.82. The first-order valence-electron chi connectivity index (χ1n) is 7.65. The van der Waals surface area contributed by atoms with Crippen molar-refractivity contribution >= 4 is 5.69 Å². The summed E-state index contributed by atoms with van der Waals surface area (Å²) in [4.78, 5) is 8.90. The average molecular weight is 303 g/mol. The maximum Gasteiger partial charge on any atom is 0.105 e. The number of aryl methyl sites for hydroxylation is 1. The lowest BCUT2D eigenvalue weighted by molar-refractivity contribution is 0.153. The molecule has 4 heteroatoms. The molecular weight excluding hydrogens is 286 g/mol. The van der Waals surface area contributed by atoms with Crippen LogP contribution in [0.4, 0.5) is 5.69 Å². The van der Waals surface area contributed by atoms with Crippen molar-refractivity contribution in [3.05, 3.63) is 77.6 Å². The maximum atomic E-state index is 10.9. The van der Waals surface area contributed by atoms with E-state index in [2.05, 4.69) is 34.3 Å². The van der Waals surface area contributed by atoms with Crippen LogP contribution in [0.5, 0.6) is 0 Å². The molecule has 0 aliphatic heterocycles. The van der Waals surface area contributed by atoms with Gasteiger partial charge in [-0.1, -0.05) is 29.8 Å². The minimum Gasteiger partial charge on any atom is -0.386 e. The number of fused-ring (bicyclic) bond motifs is 3.